The van der Waals surface area contributed by atoms with Crippen LogP contribution >= 0.6 is 0 Å². The Morgan fingerprint density at radius 3 is 1.93 bits per heavy atom. The van der Waals surface area contributed by atoms with Crippen LogP contribution in [0.3, 0.4) is 0 Å². The van der Waals surface area contributed by atoms with Crippen molar-refractivity contribution in [3.05, 3.63) is 20.6 Å². The Morgan fingerprint density at radius 2 is 1.60 bits per heavy atom. The topological polar surface area (TPSA) is 9.23 Å². The molecule has 0 bridgehead atoms. The summed E-state index contributed by atoms with van der Waals surface area (Å²) in [5, 5.41) is 0. The summed E-state index contributed by atoms with van der Waals surface area (Å²) >= 11 is -0.406. The molecule has 84 valence electrons. The standard InChI is InChI=1S/C10H15.C3H7O.Ti/c1-7-6-10(4,5)9(3)8(7)2;1-3(2)4;/h1-5H3;3H,1-2H3;/q;-1;+1. The number of rotatable bonds is 3. The molecule has 0 unspecified atom stereocenters. The number of hydrogen-bond acceptors (Lipinski definition) is 1. The molecule has 1 nitrogen and oxygen atoms in total. The van der Waals surface area contributed by atoms with Gasteiger partial charge in [-0.25, -0.2) is 0 Å². The first kappa shape index (κ1) is 13.2. The SMILES string of the molecule is CC1=C(C)C(C)(C)[C]([Ti][O]C(C)C)=C1C. The fourth-order valence-corrected chi connectivity index (χ4v) is 3.75. The van der Waals surface area contributed by atoms with Crippen molar-refractivity contribution in [1.82, 2.24) is 0 Å². The zero-order valence-electron chi connectivity index (χ0n) is 11.0. The maximum absolute atomic E-state index is 5.87. The van der Waals surface area contributed by atoms with E-state index >= 15 is 0 Å². The Bertz CT molecular complexity index is 321. The Morgan fingerprint density at radius 1 is 1.07 bits per heavy atom. The summed E-state index contributed by atoms with van der Waals surface area (Å²) in [6, 6.07) is 0. The third-order valence-corrected chi connectivity index (χ3v) is 6.26. The molecule has 0 spiro atoms. The summed E-state index contributed by atoms with van der Waals surface area (Å²) in [5.74, 6) is 0. The van der Waals surface area contributed by atoms with Gasteiger partial charge >= 0.3 is 103 Å². The van der Waals surface area contributed by atoms with Gasteiger partial charge in [0, 0.05) is 0 Å². The monoisotopic (exact) mass is 242 g/mol. The van der Waals surface area contributed by atoms with Gasteiger partial charge in [0.15, 0.2) is 0 Å². The Balaban J connectivity index is 2.91. The van der Waals surface area contributed by atoms with E-state index in [-0.39, 0.29) is 5.41 Å². The second-order valence-corrected chi connectivity index (χ2v) is 6.61. The molecule has 0 aromatic heterocycles. The Kier molecular flexibility index (Phi) is 4.03. The Labute approximate surface area is 103 Å². The van der Waals surface area contributed by atoms with Crippen LogP contribution in [0, 0.1) is 5.41 Å². The van der Waals surface area contributed by atoms with Crippen molar-refractivity contribution in [3.63, 3.8) is 0 Å². The average Bonchev–Trinajstić information content (AvgIpc) is 2.26. The van der Waals surface area contributed by atoms with Gasteiger partial charge < -0.3 is 0 Å². The molecule has 15 heavy (non-hydrogen) atoms. The van der Waals surface area contributed by atoms with Crippen LogP contribution in [0.4, 0.5) is 0 Å². The van der Waals surface area contributed by atoms with Crippen LogP contribution in [0.5, 0.6) is 0 Å². The molecule has 0 aliphatic heterocycles. The van der Waals surface area contributed by atoms with Crippen LogP contribution in [0.1, 0.15) is 48.5 Å². The van der Waals surface area contributed by atoms with Gasteiger partial charge in [-0.2, -0.15) is 0 Å². The summed E-state index contributed by atoms with van der Waals surface area (Å²) < 4.78 is 7.44. The van der Waals surface area contributed by atoms with Crippen LogP contribution in [-0.4, -0.2) is 6.10 Å². The summed E-state index contributed by atoms with van der Waals surface area (Å²) in [4.78, 5) is 0. The summed E-state index contributed by atoms with van der Waals surface area (Å²) in [6.45, 7) is 15.6. The molecular formula is C13H22OTi. The van der Waals surface area contributed by atoms with E-state index in [0.29, 0.717) is 6.10 Å². The second-order valence-electron chi connectivity index (χ2n) is 5.14. The van der Waals surface area contributed by atoms with E-state index in [2.05, 4.69) is 48.5 Å². The van der Waals surface area contributed by atoms with Crippen molar-refractivity contribution < 1.29 is 22.9 Å². The average molecular weight is 242 g/mol. The van der Waals surface area contributed by atoms with Crippen molar-refractivity contribution in [3.8, 4) is 0 Å². The molecule has 0 amide bonds. The van der Waals surface area contributed by atoms with Crippen molar-refractivity contribution in [1.29, 1.82) is 0 Å². The van der Waals surface area contributed by atoms with E-state index in [1.165, 1.54) is 16.7 Å². The van der Waals surface area contributed by atoms with Crippen molar-refractivity contribution in [2.45, 2.75) is 54.6 Å². The molecule has 0 atom stereocenters. The third-order valence-electron chi connectivity index (χ3n) is 3.46. The minimum absolute atomic E-state index is 0.239. The third kappa shape index (κ3) is 2.46. The van der Waals surface area contributed by atoms with E-state index in [9.17, 15) is 0 Å². The van der Waals surface area contributed by atoms with E-state index in [0.717, 1.165) is 0 Å². The molecule has 0 N–H and O–H groups in total. The molecule has 0 fully saturated rings. The van der Waals surface area contributed by atoms with Crippen LogP contribution in [0.2, 0.25) is 0 Å². The first-order chi connectivity index (χ1) is 6.78. The van der Waals surface area contributed by atoms with Gasteiger partial charge in [0.05, 0.1) is 0 Å². The molecule has 0 heterocycles. The predicted molar refractivity (Wildman–Crippen MR) is 61.1 cm³/mol. The number of hydrogen-bond donors (Lipinski definition) is 0. The summed E-state index contributed by atoms with van der Waals surface area (Å²) in [6.07, 6.45) is 0.363. The zero-order chi connectivity index (χ0) is 11.8. The number of allylic oxidation sites excluding steroid dienone is 4. The molecule has 1 rings (SSSR count). The quantitative estimate of drug-likeness (QED) is 0.678. The van der Waals surface area contributed by atoms with Gasteiger partial charge in [-0.15, -0.1) is 0 Å². The first-order valence-electron chi connectivity index (χ1n) is 5.59. The molecule has 0 aromatic rings. The molecule has 1 aliphatic carbocycles. The van der Waals surface area contributed by atoms with Crippen LogP contribution in [-0.2, 0) is 22.9 Å². The minimum atomic E-state index is -0.406. The summed E-state index contributed by atoms with van der Waals surface area (Å²) in [5.41, 5.74) is 4.72. The summed E-state index contributed by atoms with van der Waals surface area (Å²) in [7, 11) is 0. The molecule has 2 heteroatoms. The van der Waals surface area contributed by atoms with Gasteiger partial charge in [0.2, 0.25) is 0 Å². The Hall–Kier alpha value is 0.154. The van der Waals surface area contributed by atoms with Crippen molar-refractivity contribution in [2.24, 2.45) is 5.41 Å². The second kappa shape index (κ2) is 4.57. The molecule has 1 aliphatic rings. The van der Waals surface area contributed by atoms with Gasteiger partial charge in [0.1, 0.15) is 0 Å². The van der Waals surface area contributed by atoms with Crippen LogP contribution < -0.4 is 0 Å². The van der Waals surface area contributed by atoms with E-state index < -0.39 is 19.5 Å². The maximum atomic E-state index is 5.87. The fourth-order valence-electron chi connectivity index (χ4n) is 1.97. The van der Waals surface area contributed by atoms with Gasteiger partial charge in [-0.3, -0.25) is 0 Å². The van der Waals surface area contributed by atoms with Crippen LogP contribution in [0.25, 0.3) is 0 Å². The molecule has 0 saturated carbocycles. The fraction of sp³-hybridized carbons (Fsp3) is 0.692. The van der Waals surface area contributed by atoms with E-state index in [1.807, 2.05) is 0 Å². The van der Waals surface area contributed by atoms with E-state index in [4.69, 9.17) is 3.32 Å². The van der Waals surface area contributed by atoms with Crippen molar-refractivity contribution in [2.75, 3.05) is 0 Å². The van der Waals surface area contributed by atoms with Crippen molar-refractivity contribution >= 4 is 0 Å². The van der Waals surface area contributed by atoms with Gasteiger partial charge in [-0.1, -0.05) is 0 Å². The first-order valence-corrected chi connectivity index (χ1v) is 7.01. The predicted octanol–water partition coefficient (Wildman–Crippen LogP) is 4.06. The molecular weight excluding hydrogens is 220 g/mol. The molecule has 0 aromatic carbocycles. The normalized spacial score (nSPS) is 20.5. The van der Waals surface area contributed by atoms with Gasteiger partial charge in [-0.05, 0) is 0 Å². The van der Waals surface area contributed by atoms with Gasteiger partial charge in [0.25, 0.3) is 0 Å². The van der Waals surface area contributed by atoms with Crippen LogP contribution in [0.15, 0.2) is 20.6 Å². The molecule has 0 radical (unpaired) electrons. The van der Waals surface area contributed by atoms with E-state index in [1.54, 1.807) is 3.88 Å². The zero-order valence-corrected chi connectivity index (χ0v) is 12.5. The molecule has 0 saturated heterocycles.